The average Bonchev–Trinajstić information content (AvgIpc) is 3.24. The van der Waals surface area contributed by atoms with Crippen LogP contribution in [0.15, 0.2) is 65.7 Å². The lowest BCUT2D eigenvalue weighted by molar-refractivity contribution is 0.273. The lowest BCUT2D eigenvalue weighted by atomic mass is 10.0. The summed E-state index contributed by atoms with van der Waals surface area (Å²) in [5, 5.41) is 1.97. The van der Waals surface area contributed by atoms with Crippen LogP contribution >= 0.6 is 11.5 Å². The van der Waals surface area contributed by atoms with E-state index in [1.165, 1.54) is 17.1 Å². The Morgan fingerprint density at radius 1 is 1.14 bits per heavy atom. The van der Waals surface area contributed by atoms with Crippen LogP contribution in [-0.2, 0) is 9.47 Å². The Labute approximate surface area is 168 Å². The Morgan fingerprint density at radius 2 is 2.04 bits per heavy atom. The number of hydrogen-bond donors (Lipinski definition) is 0. The highest BCUT2D eigenvalue weighted by molar-refractivity contribution is 7.04. The number of aromatic nitrogens is 1. The van der Waals surface area contributed by atoms with E-state index in [0.717, 1.165) is 41.8 Å². The second-order valence-corrected chi connectivity index (χ2v) is 7.05. The monoisotopic (exact) mass is 395 g/mol. The highest BCUT2D eigenvalue weighted by Crippen LogP contribution is 2.38. The largest absolute Gasteiger partial charge is 0.493 e. The van der Waals surface area contributed by atoms with Crippen LogP contribution in [0.4, 0.5) is 0 Å². The van der Waals surface area contributed by atoms with E-state index in [1.807, 2.05) is 23.6 Å². The molecule has 0 N–H and O–H groups in total. The third-order valence-corrected chi connectivity index (χ3v) is 5.24. The van der Waals surface area contributed by atoms with E-state index >= 15 is 0 Å². The molecular weight excluding hydrogens is 374 g/mol. The molecule has 4 rings (SSSR count). The van der Waals surface area contributed by atoms with Gasteiger partial charge in [0.15, 0.2) is 17.3 Å². The van der Waals surface area contributed by atoms with Crippen LogP contribution in [0.1, 0.15) is 24.8 Å². The summed E-state index contributed by atoms with van der Waals surface area (Å²) < 4.78 is 27.0. The molecule has 0 saturated heterocycles. The summed E-state index contributed by atoms with van der Waals surface area (Å²) in [6, 6.07) is 5.75. The summed E-state index contributed by atoms with van der Waals surface area (Å²) >= 11 is 1.38. The quantitative estimate of drug-likeness (QED) is 0.630. The molecule has 0 spiro atoms. The molecule has 0 bridgehead atoms. The SMILES string of the molecule is COc1ccc(-c2nscc2C2=COC=C(CC3=CC=CCC3)O2)cc1OC. The molecular formula is C22H21NO4S. The van der Waals surface area contributed by atoms with Gasteiger partial charge in [-0.1, -0.05) is 23.8 Å². The van der Waals surface area contributed by atoms with Gasteiger partial charge in [0.05, 0.1) is 25.5 Å². The summed E-state index contributed by atoms with van der Waals surface area (Å²) in [4.78, 5) is 0. The molecule has 6 heteroatoms. The van der Waals surface area contributed by atoms with Crippen molar-refractivity contribution in [2.45, 2.75) is 19.3 Å². The molecule has 5 nitrogen and oxygen atoms in total. The molecule has 1 aliphatic heterocycles. The molecule has 1 aromatic carbocycles. The fourth-order valence-corrected chi connectivity index (χ4v) is 3.88. The predicted molar refractivity (Wildman–Crippen MR) is 110 cm³/mol. The number of rotatable bonds is 6. The first kappa shape index (κ1) is 18.4. The smallest absolute Gasteiger partial charge is 0.172 e. The van der Waals surface area contributed by atoms with Crippen molar-refractivity contribution in [2.75, 3.05) is 14.2 Å². The molecule has 0 amide bonds. The highest BCUT2D eigenvalue weighted by Gasteiger charge is 2.20. The van der Waals surface area contributed by atoms with Crippen molar-refractivity contribution in [1.29, 1.82) is 0 Å². The Morgan fingerprint density at radius 3 is 2.82 bits per heavy atom. The topological polar surface area (TPSA) is 49.8 Å². The molecule has 0 saturated carbocycles. The van der Waals surface area contributed by atoms with E-state index < -0.39 is 0 Å². The van der Waals surface area contributed by atoms with Crippen LogP contribution in [0.25, 0.3) is 17.0 Å². The molecule has 28 heavy (non-hydrogen) atoms. The van der Waals surface area contributed by atoms with Gasteiger partial charge in [0.1, 0.15) is 18.3 Å². The third kappa shape index (κ3) is 3.82. The predicted octanol–water partition coefficient (Wildman–Crippen LogP) is 5.68. The van der Waals surface area contributed by atoms with E-state index in [4.69, 9.17) is 18.9 Å². The lowest BCUT2D eigenvalue weighted by Crippen LogP contribution is -2.02. The summed E-state index contributed by atoms with van der Waals surface area (Å²) in [7, 11) is 3.24. The van der Waals surface area contributed by atoms with Gasteiger partial charge in [-0.05, 0) is 42.6 Å². The number of allylic oxidation sites excluding steroid dienone is 4. The molecule has 1 aromatic heterocycles. The third-order valence-electron chi connectivity index (χ3n) is 4.61. The molecule has 1 aliphatic carbocycles. The Hall–Kier alpha value is -2.99. The first-order valence-corrected chi connectivity index (χ1v) is 9.86. The zero-order valence-corrected chi connectivity index (χ0v) is 16.6. The lowest BCUT2D eigenvalue weighted by Gasteiger charge is -2.18. The maximum Gasteiger partial charge on any atom is 0.172 e. The fraction of sp³-hybridized carbons (Fsp3) is 0.227. The van der Waals surface area contributed by atoms with E-state index in [-0.39, 0.29) is 0 Å². The van der Waals surface area contributed by atoms with E-state index in [0.29, 0.717) is 17.3 Å². The Bertz CT molecular complexity index is 984. The molecule has 144 valence electrons. The van der Waals surface area contributed by atoms with Gasteiger partial charge in [0.25, 0.3) is 0 Å². The van der Waals surface area contributed by atoms with Gasteiger partial charge >= 0.3 is 0 Å². The highest BCUT2D eigenvalue weighted by atomic mass is 32.1. The second kappa shape index (κ2) is 8.35. The van der Waals surface area contributed by atoms with Gasteiger partial charge in [-0.15, -0.1) is 0 Å². The normalized spacial score (nSPS) is 15.7. The van der Waals surface area contributed by atoms with Crippen molar-refractivity contribution < 1.29 is 18.9 Å². The summed E-state index contributed by atoms with van der Waals surface area (Å²) in [6.07, 6.45) is 12.6. The maximum atomic E-state index is 6.14. The van der Waals surface area contributed by atoms with Crippen LogP contribution < -0.4 is 9.47 Å². The van der Waals surface area contributed by atoms with E-state index in [1.54, 1.807) is 26.7 Å². The molecule has 2 aromatic rings. The number of nitrogens with zero attached hydrogens (tertiary/aromatic N) is 1. The van der Waals surface area contributed by atoms with Crippen molar-refractivity contribution in [3.05, 3.63) is 71.2 Å². The zero-order valence-electron chi connectivity index (χ0n) is 15.8. The first-order chi connectivity index (χ1) is 13.8. The Kier molecular flexibility index (Phi) is 5.48. The van der Waals surface area contributed by atoms with E-state index in [9.17, 15) is 0 Å². The number of benzene rings is 1. The van der Waals surface area contributed by atoms with E-state index in [2.05, 4.69) is 22.6 Å². The maximum absolute atomic E-state index is 6.14. The number of ether oxygens (including phenoxy) is 4. The van der Waals surface area contributed by atoms with Crippen molar-refractivity contribution in [2.24, 2.45) is 0 Å². The van der Waals surface area contributed by atoms with Crippen LogP contribution in [0.2, 0.25) is 0 Å². The molecule has 0 unspecified atom stereocenters. The molecule has 2 heterocycles. The van der Waals surface area contributed by atoms with Crippen molar-refractivity contribution in [3.8, 4) is 22.8 Å². The Balaban J connectivity index is 1.57. The number of hydrogen-bond acceptors (Lipinski definition) is 6. The van der Waals surface area contributed by atoms with Gasteiger partial charge in [-0.3, -0.25) is 0 Å². The van der Waals surface area contributed by atoms with Gasteiger partial charge in [0, 0.05) is 17.4 Å². The van der Waals surface area contributed by atoms with Gasteiger partial charge in [-0.25, -0.2) is 0 Å². The van der Waals surface area contributed by atoms with Gasteiger partial charge < -0.3 is 18.9 Å². The molecule has 2 aliphatic rings. The minimum Gasteiger partial charge on any atom is -0.493 e. The second-order valence-electron chi connectivity index (χ2n) is 6.42. The van der Waals surface area contributed by atoms with Crippen LogP contribution in [0, 0.1) is 0 Å². The van der Waals surface area contributed by atoms with Crippen LogP contribution in [0.3, 0.4) is 0 Å². The minimum absolute atomic E-state index is 0.656. The first-order valence-electron chi connectivity index (χ1n) is 9.02. The zero-order chi connectivity index (χ0) is 19.3. The number of methoxy groups -OCH3 is 2. The van der Waals surface area contributed by atoms with Gasteiger partial charge in [-0.2, -0.15) is 4.37 Å². The minimum atomic E-state index is 0.656. The van der Waals surface area contributed by atoms with Crippen LogP contribution in [-0.4, -0.2) is 18.6 Å². The van der Waals surface area contributed by atoms with Gasteiger partial charge in [0.2, 0.25) is 0 Å². The fourth-order valence-electron chi connectivity index (χ4n) is 3.18. The molecule has 0 radical (unpaired) electrons. The summed E-state index contributed by atoms with van der Waals surface area (Å²) in [5.41, 5.74) is 3.97. The average molecular weight is 395 g/mol. The molecule has 0 atom stereocenters. The summed E-state index contributed by atoms with van der Waals surface area (Å²) in [5.74, 6) is 2.79. The van der Waals surface area contributed by atoms with Crippen LogP contribution in [0.5, 0.6) is 11.5 Å². The van der Waals surface area contributed by atoms with Crippen molar-refractivity contribution >= 4 is 17.3 Å². The van der Waals surface area contributed by atoms with Crippen molar-refractivity contribution in [3.63, 3.8) is 0 Å². The van der Waals surface area contributed by atoms with Crippen molar-refractivity contribution in [1.82, 2.24) is 4.37 Å². The molecule has 0 fully saturated rings. The summed E-state index contributed by atoms with van der Waals surface area (Å²) in [6.45, 7) is 0. The standard InChI is InChI=1S/C22H21NO4S/c1-24-19-9-8-16(11-20(19)25-2)22-18(14-28-23-22)21-13-26-12-17(27-21)10-15-6-4-3-5-7-15/h3-4,6,8-9,11-14H,5,7,10H2,1-2H3.